The third kappa shape index (κ3) is 4.07. The number of benzene rings is 2. The largest absolute Gasteiger partial charge is 0.452 e. The van der Waals surface area contributed by atoms with Gasteiger partial charge in [0, 0.05) is 5.02 Å². The van der Waals surface area contributed by atoms with Crippen molar-refractivity contribution >= 4 is 35.4 Å². The second-order valence-corrected chi connectivity index (χ2v) is 6.75. The van der Waals surface area contributed by atoms with Gasteiger partial charge in [-0.15, -0.1) is 0 Å². The summed E-state index contributed by atoms with van der Waals surface area (Å²) in [6.07, 6.45) is 0.289. The number of urea groups is 1. The van der Waals surface area contributed by atoms with Crippen LogP contribution in [-0.2, 0) is 19.9 Å². The highest BCUT2D eigenvalue weighted by molar-refractivity contribution is 6.30. The summed E-state index contributed by atoms with van der Waals surface area (Å²) in [5, 5.41) is 3.59. The first kappa shape index (κ1) is 20.3. The standard InChI is InChI=1S/C20H18ClN3O5/c1-2-20(14-8-4-3-5-9-14)18(27)24(19(28)22-20)23-16(25)12-29-17(26)13-7-6-10-15(21)11-13/h3-11H,2,12H2,1H3,(H,22,28)(H,23,25)/t20-/m1/s1. The van der Waals surface area contributed by atoms with Gasteiger partial charge in [-0.2, -0.15) is 5.01 Å². The number of carbonyl (C=O) groups excluding carboxylic acids is 4. The van der Waals surface area contributed by atoms with Gasteiger partial charge in [0.1, 0.15) is 5.54 Å². The molecule has 0 spiro atoms. The molecule has 0 aliphatic carbocycles. The third-order valence-electron chi connectivity index (χ3n) is 4.52. The first-order valence-corrected chi connectivity index (χ1v) is 9.19. The minimum Gasteiger partial charge on any atom is -0.452 e. The summed E-state index contributed by atoms with van der Waals surface area (Å²) in [5.41, 5.74) is 1.69. The molecule has 0 radical (unpaired) electrons. The molecule has 0 unspecified atom stereocenters. The number of rotatable bonds is 6. The van der Waals surface area contributed by atoms with E-state index in [9.17, 15) is 19.2 Å². The average molecular weight is 416 g/mol. The Morgan fingerprint density at radius 2 is 1.86 bits per heavy atom. The van der Waals surface area contributed by atoms with Crippen molar-refractivity contribution in [2.24, 2.45) is 0 Å². The smallest absolute Gasteiger partial charge is 0.344 e. The molecule has 9 heteroatoms. The van der Waals surface area contributed by atoms with E-state index in [-0.39, 0.29) is 12.0 Å². The Bertz CT molecular complexity index is 966. The molecule has 2 aromatic rings. The Hall–Kier alpha value is -3.39. The van der Waals surface area contributed by atoms with Crippen LogP contribution in [0, 0.1) is 0 Å². The fourth-order valence-electron chi connectivity index (χ4n) is 3.03. The molecule has 1 fully saturated rings. The number of ether oxygens (including phenoxy) is 1. The molecule has 1 atom stereocenters. The molecule has 0 bridgehead atoms. The minimum atomic E-state index is -1.27. The second kappa shape index (κ2) is 8.32. The first-order chi connectivity index (χ1) is 13.9. The van der Waals surface area contributed by atoms with Crippen LogP contribution in [0.15, 0.2) is 54.6 Å². The van der Waals surface area contributed by atoms with E-state index < -0.39 is 36.0 Å². The van der Waals surface area contributed by atoms with Gasteiger partial charge in [0.2, 0.25) is 0 Å². The first-order valence-electron chi connectivity index (χ1n) is 8.82. The Balaban J connectivity index is 1.65. The number of halogens is 1. The summed E-state index contributed by atoms with van der Waals surface area (Å²) in [6, 6.07) is 14.0. The van der Waals surface area contributed by atoms with Crippen LogP contribution in [0.1, 0.15) is 29.3 Å². The van der Waals surface area contributed by atoms with Crippen molar-refractivity contribution in [1.82, 2.24) is 15.8 Å². The number of imide groups is 1. The number of amides is 4. The normalized spacial score (nSPS) is 18.3. The van der Waals surface area contributed by atoms with Crippen molar-refractivity contribution in [3.8, 4) is 0 Å². The lowest BCUT2D eigenvalue weighted by Crippen LogP contribution is -2.49. The summed E-state index contributed by atoms with van der Waals surface area (Å²) in [7, 11) is 0. The zero-order valence-electron chi connectivity index (χ0n) is 15.5. The highest BCUT2D eigenvalue weighted by atomic mass is 35.5. The Kier molecular flexibility index (Phi) is 5.84. The Morgan fingerprint density at radius 1 is 1.14 bits per heavy atom. The van der Waals surface area contributed by atoms with E-state index in [0.29, 0.717) is 15.6 Å². The maximum absolute atomic E-state index is 12.9. The fraction of sp³-hybridized carbons (Fsp3) is 0.200. The zero-order chi connectivity index (χ0) is 21.0. The van der Waals surface area contributed by atoms with Crippen molar-refractivity contribution in [2.45, 2.75) is 18.9 Å². The number of nitrogens with zero attached hydrogens (tertiary/aromatic N) is 1. The predicted molar refractivity (Wildman–Crippen MR) is 104 cm³/mol. The number of hydrogen-bond acceptors (Lipinski definition) is 5. The van der Waals surface area contributed by atoms with Crippen molar-refractivity contribution in [3.05, 3.63) is 70.7 Å². The van der Waals surface area contributed by atoms with Gasteiger partial charge in [-0.05, 0) is 30.2 Å². The molecule has 29 heavy (non-hydrogen) atoms. The quantitative estimate of drug-likeness (QED) is 0.556. The number of esters is 1. The van der Waals surface area contributed by atoms with Gasteiger partial charge in [-0.3, -0.25) is 15.0 Å². The van der Waals surface area contributed by atoms with Gasteiger partial charge in [0.15, 0.2) is 6.61 Å². The molecule has 2 N–H and O–H groups in total. The van der Waals surface area contributed by atoms with E-state index in [1.165, 1.54) is 12.1 Å². The van der Waals surface area contributed by atoms with Gasteiger partial charge in [0.25, 0.3) is 11.8 Å². The monoisotopic (exact) mass is 415 g/mol. The number of carbonyl (C=O) groups is 4. The predicted octanol–water partition coefficient (Wildman–Crippen LogP) is 2.39. The van der Waals surface area contributed by atoms with Crippen LogP contribution in [-0.4, -0.2) is 35.4 Å². The molecule has 150 valence electrons. The molecule has 1 aliphatic heterocycles. The van der Waals surface area contributed by atoms with E-state index in [1.54, 1.807) is 49.4 Å². The van der Waals surface area contributed by atoms with Crippen LogP contribution < -0.4 is 10.7 Å². The van der Waals surface area contributed by atoms with Crippen LogP contribution >= 0.6 is 11.6 Å². The van der Waals surface area contributed by atoms with Gasteiger partial charge < -0.3 is 10.1 Å². The summed E-state index contributed by atoms with van der Waals surface area (Å²) in [4.78, 5) is 49.4. The second-order valence-electron chi connectivity index (χ2n) is 6.32. The fourth-order valence-corrected chi connectivity index (χ4v) is 3.22. The van der Waals surface area contributed by atoms with Crippen LogP contribution in [0.5, 0.6) is 0 Å². The van der Waals surface area contributed by atoms with Gasteiger partial charge in [-0.1, -0.05) is 54.9 Å². The number of hydrogen-bond donors (Lipinski definition) is 2. The van der Waals surface area contributed by atoms with Crippen LogP contribution in [0.3, 0.4) is 0 Å². The lowest BCUT2D eigenvalue weighted by atomic mass is 9.87. The van der Waals surface area contributed by atoms with Crippen LogP contribution in [0.2, 0.25) is 5.02 Å². The average Bonchev–Trinajstić information content (AvgIpc) is 2.97. The summed E-state index contributed by atoms with van der Waals surface area (Å²) in [5.74, 6) is -2.21. The van der Waals surface area contributed by atoms with Crippen LogP contribution in [0.25, 0.3) is 0 Å². The summed E-state index contributed by atoms with van der Waals surface area (Å²) >= 11 is 5.81. The molecule has 0 saturated carbocycles. The highest BCUT2D eigenvalue weighted by Gasteiger charge is 2.52. The molecular formula is C20H18ClN3O5. The van der Waals surface area contributed by atoms with Crippen LogP contribution in [0.4, 0.5) is 4.79 Å². The van der Waals surface area contributed by atoms with Crippen molar-refractivity contribution in [1.29, 1.82) is 0 Å². The van der Waals surface area contributed by atoms with Gasteiger partial charge in [-0.25, -0.2) is 9.59 Å². The topological polar surface area (TPSA) is 105 Å². The van der Waals surface area contributed by atoms with E-state index in [0.717, 1.165) is 0 Å². The molecule has 3 rings (SSSR count). The number of nitrogens with one attached hydrogen (secondary N) is 2. The highest BCUT2D eigenvalue weighted by Crippen LogP contribution is 2.31. The Labute approximate surface area is 171 Å². The molecule has 1 aliphatic rings. The number of hydrazine groups is 1. The van der Waals surface area contributed by atoms with E-state index >= 15 is 0 Å². The maximum atomic E-state index is 12.9. The summed E-state index contributed by atoms with van der Waals surface area (Å²) in [6.45, 7) is 1.08. The van der Waals surface area contributed by atoms with Crippen molar-refractivity contribution in [2.75, 3.05) is 6.61 Å². The van der Waals surface area contributed by atoms with Gasteiger partial charge >= 0.3 is 12.0 Å². The van der Waals surface area contributed by atoms with Crippen molar-refractivity contribution in [3.63, 3.8) is 0 Å². The van der Waals surface area contributed by atoms with Gasteiger partial charge in [0.05, 0.1) is 5.56 Å². The maximum Gasteiger partial charge on any atom is 0.344 e. The minimum absolute atomic E-state index is 0.175. The lowest BCUT2D eigenvalue weighted by molar-refractivity contribution is -0.140. The molecule has 1 saturated heterocycles. The molecule has 1 heterocycles. The molecular weight excluding hydrogens is 398 g/mol. The van der Waals surface area contributed by atoms with E-state index in [1.807, 2.05) is 0 Å². The summed E-state index contributed by atoms with van der Waals surface area (Å²) < 4.78 is 4.91. The third-order valence-corrected chi connectivity index (χ3v) is 4.75. The SMILES string of the molecule is CC[C@]1(c2ccccc2)NC(=O)N(NC(=O)COC(=O)c2cccc(Cl)c2)C1=O. The molecule has 4 amide bonds. The lowest BCUT2D eigenvalue weighted by Gasteiger charge is -2.25. The molecule has 2 aromatic carbocycles. The molecule has 8 nitrogen and oxygen atoms in total. The van der Waals surface area contributed by atoms with E-state index in [4.69, 9.17) is 16.3 Å². The Morgan fingerprint density at radius 3 is 2.52 bits per heavy atom. The van der Waals surface area contributed by atoms with E-state index in [2.05, 4.69) is 10.7 Å². The molecule has 0 aromatic heterocycles. The zero-order valence-corrected chi connectivity index (χ0v) is 16.2. The van der Waals surface area contributed by atoms with Crippen molar-refractivity contribution < 1.29 is 23.9 Å².